The summed E-state index contributed by atoms with van der Waals surface area (Å²) in [6.07, 6.45) is 0.589. The monoisotopic (exact) mass is 275 g/mol. The first-order chi connectivity index (χ1) is 9.63. The number of likely N-dealkylation sites (tertiary alicyclic amines) is 1. The Morgan fingerprint density at radius 2 is 2.20 bits per heavy atom. The Morgan fingerprint density at radius 1 is 1.35 bits per heavy atom. The quantitative estimate of drug-likeness (QED) is 0.935. The molecule has 1 aromatic carbocycles. The minimum Gasteiger partial charge on any atom is -0.460 e. The van der Waals surface area contributed by atoms with E-state index in [0.29, 0.717) is 24.4 Å². The minimum atomic E-state index is -0.227. The molecule has 0 spiro atoms. The molecule has 0 aliphatic carbocycles. The predicted molar refractivity (Wildman–Crippen MR) is 74.7 cm³/mol. The van der Waals surface area contributed by atoms with Gasteiger partial charge in [0.05, 0.1) is 12.6 Å². The average Bonchev–Trinajstić information content (AvgIpc) is 3.03. The fourth-order valence-corrected chi connectivity index (χ4v) is 2.66. The first kappa shape index (κ1) is 13.3. The third-order valence-corrected chi connectivity index (χ3v) is 3.82. The first-order valence-corrected chi connectivity index (χ1v) is 6.88. The SMILES string of the molecule is Cc1c(F)cccc1-c1ccc(CN2CC[C@@H](O)C2)o1. The number of benzene rings is 1. The molecule has 106 valence electrons. The minimum absolute atomic E-state index is 0.219. The number of halogens is 1. The maximum atomic E-state index is 13.6. The van der Waals surface area contributed by atoms with E-state index >= 15 is 0 Å². The highest BCUT2D eigenvalue weighted by atomic mass is 19.1. The van der Waals surface area contributed by atoms with Gasteiger partial charge in [0.25, 0.3) is 0 Å². The molecule has 0 amide bonds. The molecule has 3 nitrogen and oxygen atoms in total. The van der Waals surface area contributed by atoms with Crippen LogP contribution in [0.4, 0.5) is 4.39 Å². The lowest BCUT2D eigenvalue weighted by Crippen LogP contribution is -2.21. The smallest absolute Gasteiger partial charge is 0.134 e. The van der Waals surface area contributed by atoms with Crippen LogP contribution in [0.15, 0.2) is 34.7 Å². The van der Waals surface area contributed by atoms with Gasteiger partial charge in [-0.1, -0.05) is 12.1 Å². The number of β-amino-alcohol motifs (C(OH)–C–C–N with tert-alkyl or cyclic N) is 1. The Balaban J connectivity index is 1.78. The third-order valence-electron chi connectivity index (χ3n) is 3.82. The summed E-state index contributed by atoms with van der Waals surface area (Å²) in [5.74, 6) is 1.32. The number of hydrogen-bond donors (Lipinski definition) is 1. The summed E-state index contributed by atoms with van der Waals surface area (Å²) in [5.41, 5.74) is 1.39. The van der Waals surface area contributed by atoms with Crippen molar-refractivity contribution in [2.75, 3.05) is 13.1 Å². The molecule has 0 bridgehead atoms. The summed E-state index contributed by atoms with van der Waals surface area (Å²) in [7, 11) is 0. The molecule has 1 saturated heterocycles. The van der Waals surface area contributed by atoms with Crippen LogP contribution < -0.4 is 0 Å². The highest BCUT2D eigenvalue weighted by Gasteiger charge is 2.21. The summed E-state index contributed by atoms with van der Waals surface area (Å²) >= 11 is 0. The zero-order valence-corrected chi connectivity index (χ0v) is 11.5. The van der Waals surface area contributed by atoms with Crippen molar-refractivity contribution in [3.8, 4) is 11.3 Å². The van der Waals surface area contributed by atoms with Gasteiger partial charge in [0, 0.05) is 18.7 Å². The van der Waals surface area contributed by atoms with Gasteiger partial charge in [0.15, 0.2) is 0 Å². The summed E-state index contributed by atoms with van der Waals surface area (Å²) in [6.45, 7) is 4.01. The van der Waals surface area contributed by atoms with Gasteiger partial charge in [0.1, 0.15) is 17.3 Å². The molecule has 1 fully saturated rings. The van der Waals surface area contributed by atoms with E-state index in [2.05, 4.69) is 4.90 Å². The molecule has 0 saturated carbocycles. The van der Waals surface area contributed by atoms with Crippen molar-refractivity contribution >= 4 is 0 Å². The van der Waals surface area contributed by atoms with E-state index in [1.165, 1.54) is 6.07 Å². The van der Waals surface area contributed by atoms with Crippen LogP contribution in [0.2, 0.25) is 0 Å². The second-order valence-electron chi connectivity index (χ2n) is 5.36. The Morgan fingerprint density at radius 3 is 2.95 bits per heavy atom. The Kier molecular flexibility index (Phi) is 3.59. The van der Waals surface area contributed by atoms with Gasteiger partial charge >= 0.3 is 0 Å². The predicted octanol–water partition coefficient (Wildman–Crippen LogP) is 2.96. The van der Waals surface area contributed by atoms with Crippen LogP contribution in [0, 0.1) is 12.7 Å². The molecule has 1 atom stereocenters. The zero-order chi connectivity index (χ0) is 14.1. The topological polar surface area (TPSA) is 36.6 Å². The highest BCUT2D eigenvalue weighted by molar-refractivity contribution is 5.62. The van der Waals surface area contributed by atoms with Crippen LogP contribution >= 0.6 is 0 Å². The third kappa shape index (κ3) is 2.62. The van der Waals surface area contributed by atoms with Crippen molar-refractivity contribution in [2.45, 2.75) is 26.0 Å². The summed E-state index contributed by atoms with van der Waals surface area (Å²) in [4.78, 5) is 2.16. The van der Waals surface area contributed by atoms with E-state index in [9.17, 15) is 9.50 Å². The molecule has 2 aromatic rings. The first-order valence-electron chi connectivity index (χ1n) is 6.88. The Hall–Kier alpha value is -1.65. The summed E-state index contributed by atoms with van der Waals surface area (Å²) in [5, 5.41) is 9.51. The number of furan rings is 1. The van der Waals surface area contributed by atoms with Gasteiger partial charge in [-0.15, -0.1) is 0 Å². The van der Waals surface area contributed by atoms with Crippen LogP contribution in [-0.2, 0) is 6.54 Å². The molecular weight excluding hydrogens is 257 g/mol. The van der Waals surface area contributed by atoms with Crippen LogP contribution in [0.3, 0.4) is 0 Å². The van der Waals surface area contributed by atoms with E-state index < -0.39 is 0 Å². The lowest BCUT2D eigenvalue weighted by atomic mass is 10.1. The molecule has 0 unspecified atom stereocenters. The van der Waals surface area contributed by atoms with Crippen molar-refractivity contribution in [1.82, 2.24) is 4.90 Å². The van der Waals surface area contributed by atoms with Crippen molar-refractivity contribution in [2.24, 2.45) is 0 Å². The number of rotatable bonds is 3. The maximum absolute atomic E-state index is 13.6. The number of aliphatic hydroxyl groups is 1. The van der Waals surface area contributed by atoms with Gasteiger partial charge in [-0.05, 0) is 37.1 Å². The molecule has 1 aliphatic rings. The fourth-order valence-electron chi connectivity index (χ4n) is 2.66. The number of hydrogen-bond acceptors (Lipinski definition) is 3. The molecule has 0 radical (unpaired) electrons. The van der Waals surface area contributed by atoms with Gasteiger partial charge in [0.2, 0.25) is 0 Å². The largest absolute Gasteiger partial charge is 0.460 e. The molecule has 2 heterocycles. The van der Waals surface area contributed by atoms with Crippen LogP contribution in [0.25, 0.3) is 11.3 Å². The van der Waals surface area contributed by atoms with E-state index in [4.69, 9.17) is 4.42 Å². The molecule has 1 aliphatic heterocycles. The van der Waals surface area contributed by atoms with E-state index in [1.54, 1.807) is 13.0 Å². The highest BCUT2D eigenvalue weighted by Crippen LogP contribution is 2.27. The van der Waals surface area contributed by atoms with Crippen LogP contribution in [-0.4, -0.2) is 29.2 Å². The average molecular weight is 275 g/mol. The molecule has 1 aromatic heterocycles. The standard InChI is InChI=1S/C16H18FNO2/c1-11-14(3-2-4-15(11)17)16-6-5-13(20-16)10-18-8-7-12(19)9-18/h2-6,12,19H,7-10H2,1H3/t12-/m1/s1. The van der Waals surface area contributed by atoms with E-state index in [-0.39, 0.29) is 11.9 Å². The van der Waals surface area contributed by atoms with E-state index in [0.717, 1.165) is 24.3 Å². The lowest BCUT2D eigenvalue weighted by molar-refractivity contribution is 0.172. The molecule has 20 heavy (non-hydrogen) atoms. The van der Waals surface area contributed by atoms with E-state index in [1.807, 2.05) is 18.2 Å². The van der Waals surface area contributed by atoms with Crippen molar-refractivity contribution in [3.05, 3.63) is 47.5 Å². The summed E-state index contributed by atoms with van der Waals surface area (Å²) in [6, 6.07) is 8.81. The van der Waals surface area contributed by atoms with Crippen molar-refractivity contribution < 1.29 is 13.9 Å². The van der Waals surface area contributed by atoms with Crippen LogP contribution in [0.1, 0.15) is 17.7 Å². The second kappa shape index (κ2) is 5.38. The fraction of sp³-hybridized carbons (Fsp3) is 0.375. The van der Waals surface area contributed by atoms with Gasteiger partial charge in [-0.25, -0.2) is 4.39 Å². The second-order valence-corrected chi connectivity index (χ2v) is 5.36. The van der Waals surface area contributed by atoms with Gasteiger partial charge in [-0.2, -0.15) is 0 Å². The molecule has 1 N–H and O–H groups in total. The summed E-state index contributed by atoms with van der Waals surface area (Å²) < 4.78 is 19.4. The van der Waals surface area contributed by atoms with Crippen LogP contribution in [0.5, 0.6) is 0 Å². The Bertz CT molecular complexity index is 608. The van der Waals surface area contributed by atoms with Crippen molar-refractivity contribution in [3.63, 3.8) is 0 Å². The number of aliphatic hydroxyl groups excluding tert-OH is 1. The van der Waals surface area contributed by atoms with Gasteiger partial charge < -0.3 is 9.52 Å². The van der Waals surface area contributed by atoms with Crippen molar-refractivity contribution in [1.29, 1.82) is 0 Å². The zero-order valence-electron chi connectivity index (χ0n) is 11.5. The van der Waals surface area contributed by atoms with Gasteiger partial charge in [-0.3, -0.25) is 4.90 Å². The lowest BCUT2D eigenvalue weighted by Gasteiger charge is -2.12. The Labute approximate surface area is 117 Å². The molecule has 3 rings (SSSR count). The normalized spacial score (nSPS) is 19.6. The molecule has 4 heteroatoms. The molecular formula is C16H18FNO2. The maximum Gasteiger partial charge on any atom is 0.134 e. The number of nitrogens with zero attached hydrogens (tertiary/aromatic N) is 1.